The van der Waals surface area contributed by atoms with E-state index in [0.29, 0.717) is 5.52 Å². The fraction of sp³-hybridized carbons (Fsp3) is 0. The summed E-state index contributed by atoms with van der Waals surface area (Å²) in [5.41, 5.74) is 1.47. The molecular formula is C14H10N4O2S. The standard InChI is InChI=1S/C14H10N4O2S/c15-9-10-5-1-4-8-13(10)21(19,20)18-14-16-11-6-2-3-7-12(11)17-14/h1-8H,(H2,16,17,18). The van der Waals surface area contributed by atoms with Crippen LogP contribution in [-0.4, -0.2) is 18.4 Å². The van der Waals surface area contributed by atoms with Crippen molar-refractivity contribution in [1.82, 2.24) is 9.97 Å². The molecule has 0 atom stereocenters. The van der Waals surface area contributed by atoms with E-state index in [0.717, 1.165) is 5.52 Å². The Bertz CT molecular complexity index is 921. The molecule has 6 nitrogen and oxygen atoms in total. The van der Waals surface area contributed by atoms with Crippen molar-refractivity contribution in [3.05, 3.63) is 54.1 Å². The van der Waals surface area contributed by atoms with Crippen LogP contribution >= 0.6 is 0 Å². The van der Waals surface area contributed by atoms with Crippen LogP contribution in [0, 0.1) is 11.3 Å². The smallest absolute Gasteiger partial charge is 0.265 e. The molecule has 2 N–H and O–H groups in total. The molecule has 104 valence electrons. The number of nitrogens with zero attached hydrogens (tertiary/aromatic N) is 2. The number of aromatic amines is 1. The summed E-state index contributed by atoms with van der Waals surface area (Å²) in [5.74, 6) is 0.115. The second-order valence-electron chi connectivity index (χ2n) is 4.32. The molecule has 7 heteroatoms. The maximum atomic E-state index is 12.3. The summed E-state index contributed by atoms with van der Waals surface area (Å²) in [5, 5.41) is 9.00. The molecule has 0 fully saturated rings. The van der Waals surface area contributed by atoms with Gasteiger partial charge in [0.1, 0.15) is 11.0 Å². The van der Waals surface area contributed by atoms with Crippen molar-refractivity contribution in [2.24, 2.45) is 0 Å². The number of para-hydroxylation sites is 2. The van der Waals surface area contributed by atoms with Gasteiger partial charge in [-0.1, -0.05) is 24.3 Å². The highest BCUT2D eigenvalue weighted by Crippen LogP contribution is 2.19. The number of hydrogen-bond acceptors (Lipinski definition) is 4. The van der Waals surface area contributed by atoms with Gasteiger partial charge in [0.05, 0.1) is 16.6 Å². The highest BCUT2D eigenvalue weighted by Gasteiger charge is 2.19. The van der Waals surface area contributed by atoms with Crippen molar-refractivity contribution in [3.63, 3.8) is 0 Å². The average Bonchev–Trinajstić information content (AvgIpc) is 2.88. The van der Waals surface area contributed by atoms with Gasteiger partial charge in [-0.3, -0.25) is 0 Å². The lowest BCUT2D eigenvalue weighted by molar-refractivity contribution is 0.600. The molecule has 0 aliphatic carbocycles. The summed E-state index contributed by atoms with van der Waals surface area (Å²) in [6, 6.07) is 15.1. The van der Waals surface area contributed by atoms with Crippen molar-refractivity contribution in [2.45, 2.75) is 4.90 Å². The molecule has 3 aromatic rings. The predicted molar refractivity (Wildman–Crippen MR) is 78.1 cm³/mol. The first-order valence-electron chi connectivity index (χ1n) is 6.07. The number of imidazole rings is 1. The van der Waals surface area contributed by atoms with E-state index in [1.807, 2.05) is 18.2 Å². The fourth-order valence-corrected chi connectivity index (χ4v) is 3.10. The average molecular weight is 298 g/mol. The molecule has 0 amide bonds. The van der Waals surface area contributed by atoms with Crippen molar-refractivity contribution >= 4 is 27.0 Å². The van der Waals surface area contributed by atoms with E-state index < -0.39 is 10.0 Å². The Balaban J connectivity index is 2.01. The monoisotopic (exact) mass is 298 g/mol. The molecule has 0 saturated heterocycles. The SMILES string of the molecule is N#Cc1ccccc1S(=O)(=O)Nc1nc2ccccc2[nH]1. The third kappa shape index (κ3) is 2.44. The van der Waals surface area contributed by atoms with Crippen LogP contribution in [0.2, 0.25) is 0 Å². The van der Waals surface area contributed by atoms with Crippen molar-refractivity contribution in [1.29, 1.82) is 5.26 Å². The minimum atomic E-state index is -3.87. The zero-order chi connectivity index (χ0) is 14.9. The predicted octanol–water partition coefficient (Wildman–Crippen LogP) is 2.24. The first kappa shape index (κ1) is 13.1. The normalized spacial score (nSPS) is 11.2. The molecule has 2 aromatic carbocycles. The first-order chi connectivity index (χ1) is 10.1. The van der Waals surface area contributed by atoms with Gasteiger partial charge in [0.2, 0.25) is 5.95 Å². The number of rotatable bonds is 3. The summed E-state index contributed by atoms with van der Waals surface area (Å²) >= 11 is 0. The van der Waals surface area contributed by atoms with Gasteiger partial charge in [-0.15, -0.1) is 0 Å². The van der Waals surface area contributed by atoms with Crippen LogP contribution in [0.25, 0.3) is 11.0 Å². The zero-order valence-corrected chi connectivity index (χ0v) is 11.6. The van der Waals surface area contributed by atoms with Crippen molar-refractivity contribution in [3.8, 4) is 6.07 Å². The molecule has 1 aromatic heterocycles. The summed E-state index contributed by atoms with van der Waals surface area (Å²) in [4.78, 5) is 6.95. The second-order valence-corrected chi connectivity index (χ2v) is 5.97. The highest BCUT2D eigenvalue weighted by molar-refractivity contribution is 7.92. The van der Waals surface area contributed by atoms with Gasteiger partial charge in [0.25, 0.3) is 10.0 Å². The number of fused-ring (bicyclic) bond motifs is 1. The molecule has 0 bridgehead atoms. The summed E-state index contributed by atoms with van der Waals surface area (Å²) in [6.45, 7) is 0. The molecular weight excluding hydrogens is 288 g/mol. The summed E-state index contributed by atoms with van der Waals surface area (Å²) in [6.07, 6.45) is 0. The van der Waals surface area contributed by atoms with Crippen LogP contribution < -0.4 is 4.72 Å². The van der Waals surface area contributed by atoms with Gasteiger partial charge in [0, 0.05) is 0 Å². The lowest BCUT2D eigenvalue weighted by atomic mass is 10.2. The molecule has 0 radical (unpaired) electrons. The Morgan fingerprint density at radius 1 is 1.10 bits per heavy atom. The summed E-state index contributed by atoms with van der Waals surface area (Å²) < 4.78 is 27.0. The van der Waals surface area contributed by atoms with Crippen LogP contribution in [0.15, 0.2) is 53.4 Å². The third-order valence-electron chi connectivity index (χ3n) is 2.92. The maximum Gasteiger partial charge on any atom is 0.265 e. The minimum absolute atomic E-state index is 0.0760. The van der Waals surface area contributed by atoms with E-state index in [-0.39, 0.29) is 16.4 Å². The molecule has 1 heterocycles. The van der Waals surface area contributed by atoms with Crippen molar-refractivity contribution in [2.75, 3.05) is 4.72 Å². The molecule has 0 aliphatic rings. The van der Waals surface area contributed by atoms with Gasteiger partial charge in [-0.2, -0.15) is 5.26 Å². The largest absolute Gasteiger partial charge is 0.323 e. The molecule has 21 heavy (non-hydrogen) atoms. The van der Waals surface area contributed by atoms with E-state index in [1.165, 1.54) is 12.1 Å². The first-order valence-corrected chi connectivity index (χ1v) is 7.55. The number of benzene rings is 2. The van der Waals surface area contributed by atoms with Gasteiger partial charge < -0.3 is 4.98 Å². The van der Waals surface area contributed by atoms with Crippen LogP contribution in [-0.2, 0) is 10.0 Å². The second kappa shape index (κ2) is 4.92. The van der Waals surface area contributed by atoms with E-state index in [4.69, 9.17) is 5.26 Å². The molecule has 0 spiro atoms. The van der Waals surface area contributed by atoms with E-state index >= 15 is 0 Å². The Morgan fingerprint density at radius 3 is 2.57 bits per heavy atom. The van der Waals surface area contributed by atoms with Crippen LogP contribution in [0.5, 0.6) is 0 Å². The highest BCUT2D eigenvalue weighted by atomic mass is 32.2. The lowest BCUT2D eigenvalue weighted by Crippen LogP contribution is -2.15. The fourth-order valence-electron chi connectivity index (χ4n) is 1.98. The minimum Gasteiger partial charge on any atom is -0.323 e. The molecule has 0 aliphatic heterocycles. The third-order valence-corrected chi connectivity index (χ3v) is 4.31. The number of hydrogen-bond donors (Lipinski definition) is 2. The number of anilines is 1. The Hall–Kier alpha value is -2.85. The van der Waals surface area contributed by atoms with Gasteiger partial charge >= 0.3 is 0 Å². The number of aromatic nitrogens is 2. The van der Waals surface area contributed by atoms with Crippen LogP contribution in [0.3, 0.4) is 0 Å². The van der Waals surface area contributed by atoms with E-state index in [2.05, 4.69) is 14.7 Å². The van der Waals surface area contributed by atoms with Gasteiger partial charge in [-0.25, -0.2) is 18.1 Å². The van der Waals surface area contributed by atoms with Crippen LogP contribution in [0.4, 0.5) is 5.95 Å². The van der Waals surface area contributed by atoms with Crippen molar-refractivity contribution < 1.29 is 8.42 Å². The number of nitriles is 1. The number of sulfonamides is 1. The Kier molecular flexibility index (Phi) is 3.08. The quantitative estimate of drug-likeness (QED) is 0.774. The molecule has 0 unspecified atom stereocenters. The molecule has 3 rings (SSSR count). The van der Waals surface area contributed by atoms with E-state index in [1.54, 1.807) is 24.3 Å². The maximum absolute atomic E-state index is 12.3. The summed E-state index contributed by atoms with van der Waals surface area (Å²) in [7, 11) is -3.87. The Morgan fingerprint density at radius 2 is 1.81 bits per heavy atom. The zero-order valence-electron chi connectivity index (χ0n) is 10.7. The van der Waals surface area contributed by atoms with E-state index in [9.17, 15) is 8.42 Å². The molecule has 0 saturated carbocycles. The number of nitrogens with one attached hydrogen (secondary N) is 2. The van der Waals surface area contributed by atoms with Gasteiger partial charge in [-0.05, 0) is 24.3 Å². The van der Waals surface area contributed by atoms with Crippen LogP contribution in [0.1, 0.15) is 5.56 Å². The van der Waals surface area contributed by atoms with Gasteiger partial charge in [0.15, 0.2) is 0 Å². The topological polar surface area (TPSA) is 98.6 Å². The number of H-pyrrole nitrogens is 1. The Labute approximate surface area is 121 Å². The lowest BCUT2D eigenvalue weighted by Gasteiger charge is -2.06.